The minimum atomic E-state index is 0.104. The van der Waals surface area contributed by atoms with Crippen LogP contribution in [0.25, 0.3) is 17.1 Å². The van der Waals surface area contributed by atoms with Crippen molar-refractivity contribution in [3.63, 3.8) is 0 Å². The Labute approximate surface area is 158 Å². The number of rotatable bonds is 5. The Kier molecular flexibility index (Phi) is 4.61. The van der Waals surface area contributed by atoms with Gasteiger partial charge < -0.3 is 5.32 Å². The predicted molar refractivity (Wildman–Crippen MR) is 106 cm³/mol. The van der Waals surface area contributed by atoms with Gasteiger partial charge in [-0.25, -0.2) is 14.6 Å². The van der Waals surface area contributed by atoms with E-state index in [0.29, 0.717) is 5.82 Å². The zero-order chi connectivity index (χ0) is 18.6. The number of aromatic nitrogens is 5. The van der Waals surface area contributed by atoms with E-state index in [1.165, 1.54) is 5.56 Å². The molecular weight excluding hydrogens is 336 g/mol. The van der Waals surface area contributed by atoms with Gasteiger partial charge in [-0.05, 0) is 49.7 Å². The summed E-state index contributed by atoms with van der Waals surface area (Å²) in [6.07, 6.45) is 7.22. The number of aryl methyl sites for hydroxylation is 1. The highest BCUT2D eigenvalue weighted by molar-refractivity contribution is 5.56. The van der Waals surface area contributed by atoms with Crippen LogP contribution in [0, 0.1) is 6.92 Å². The second-order valence-corrected chi connectivity index (χ2v) is 6.37. The van der Waals surface area contributed by atoms with Gasteiger partial charge in [-0.2, -0.15) is 5.10 Å². The quantitative estimate of drug-likeness (QED) is 0.580. The molecule has 0 radical (unpaired) electrons. The smallest absolute Gasteiger partial charge is 0.163 e. The number of hydrogen-bond donors (Lipinski definition) is 1. The van der Waals surface area contributed by atoms with Crippen LogP contribution in [0.3, 0.4) is 0 Å². The van der Waals surface area contributed by atoms with E-state index >= 15 is 0 Å². The lowest BCUT2D eigenvalue weighted by atomic mass is 10.1. The molecule has 0 aliphatic carbocycles. The molecule has 0 aliphatic heterocycles. The van der Waals surface area contributed by atoms with Crippen molar-refractivity contribution in [3.05, 3.63) is 84.6 Å². The molecule has 6 heteroatoms. The van der Waals surface area contributed by atoms with Gasteiger partial charge in [0.2, 0.25) is 0 Å². The summed E-state index contributed by atoms with van der Waals surface area (Å²) >= 11 is 0. The molecule has 0 spiro atoms. The highest BCUT2D eigenvalue weighted by Gasteiger charge is 2.10. The SMILES string of the molecule is Cc1cc(NC(C)c2ccc(-n3cccn3)cc2)nc(-c2cccnc2)n1. The molecule has 1 N–H and O–H groups in total. The molecule has 0 bridgehead atoms. The van der Waals surface area contributed by atoms with Crippen LogP contribution in [0.4, 0.5) is 5.82 Å². The number of nitrogens with zero attached hydrogens (tertiary/aromatic N) is 5. The molecule has 1 aromatic carbocycles. The zero-order valence-electron chi connectivity index (χ0n) is 15.2. The third-order valence-electron chi connectivity index (χ3n) is 4.30. The van der Waals surface area contributed by atoms with Gasteiger partial charge in [0.1, 0.15) is 5.82 Å². The molecule has 27 heavy (non-hydrogen) atoms. The zero-order valence-corrected chi connectivity index (χ0v) is 15.2. The Balaban J connectivity index is 1.54. The van der Waals surface area contributed by atoms with Gasteiger partial charge in [-0.1, -0.05) is 12.1 Å². The number of pyridine rings is 1. The fourth-order valence-corrected chi connectivity index (χ4v) is 2.91. The third-order valence-corrected chi connectivity index (χ3v) is 4.30. The molecular formula is C21H20N6. The molecule has 0 saturated heterocycles. The average Bonchev–Trinajstić information content (AvgIpc) is 3.23. The van der Waals surface area contributed by atoms with Crippen LogP contribution in [0.5, 0.6) is 0 Å². The van der Waals surface area contributed by atoms with Crippen molar-refractivity contribution in [1.29, 1.82) is 0 Å². The Morgan fingerprint density at radius 3 is 2.56 bits per heavy atom. The van der Waals surface area contributed by atoms with Gasteiger partial charge >= 0.3 is 0 Å². The largest absolute Gasteiger partial charge is 0.363 e. The van der Waals surface area contributed by atoms with E-state index in [0.717, 1.165) is 22.8 Å². The molecule has 0 saturated carbocycles. The Morgan fingerprint density at radius 1 is 1.00 bits per heavy atom. The van der Waals surface area contributed by atoms with Gasteiger partial charge in [0.05, 0.1) is 5.69 Å². The molecule has 3 aromatic heterocycles. The number of nitrogens with one attached hydrogen (secondary N) is 1. The molecule has 0 fully saturated rings. The molecule has 0 aliphatic rings. The monoisotopic (exact) mass is 356 g/mol. The van der Waals surface area contributed by atoms with Gasteiger partial charge in [-0.15, -0.1) is 0 Å². The summed E-state index contributed by atoms with van der Waals surface area (Å²) in [5.74, 6) is 1.47. The van der Waals surface area contributed by atoms with Gasteiger partial charge in [-0.3, -0.25) is 4.98 Å². The van der Waals surface area contributed by atoms with Crippen LogP contribution in [0.15, 0.2) is 73.3 Å². The first-order valence-electron chi connectivity index (χ1n) is 8.81. The normalized spacial score (nSPS) is 11.9. The van der Waals surface area contributed by atoms with E-state index in [4.69, 9.17) is 0 Å². The summed E-state index contributed by atoms with van der Waals surface area (Å²) in [7, 11) is 0. The van der Waals surface area contributed by atoms with Crippen molar-refractivity contribution in [2.45, 2.75) is 19.9 Å². The number of hydrogen-bond acceptors (Lipinski definition) is 5. The van der Waals surface area contributed by atoms with Crippen molar-refractivity contribution in [1.82, 2.24) is 24.7 Å². The van der Waals surface area contributed by atoms with E-state index in [9.17, 15) is 0 Å². The fraction of sp³-hybridized carbons (Fsp3) is 0.143. The highest BCUT2D eigenvalue weighted by Crippen LogP contribution is 2.22. The van der Waals surface area contributed by atoms with E-state index in [1.54, 1.807) is 18.6 Å². The van der Waals surface area contributed by atoms with Crippen LogP contribution in [0.2, 0.25) is 0 Å². The van der Waals surface area contributed by atoms with Crippen LogP contribution < -0.4 is 5.32 Å². The van der Waals surface area contributed by atoms with Crippen molar-refractivity contribution >= 4 is 5.82 Å². The lowest BCUT2D eigenvalue weighted by Gasteiger charge is -2.16. The van der Waals surface area contributed by atoms with Crippen LogP contribution in [0.1, 0.15) is 24.2 Å². The molecule has 134 valence electrons. The Bertz CT molecular complexity index is 1010. The van der Waals surface area contributed by atoms with Crippen LogP contribution >= 0.6 is 0 Å². The fourth-order valence-electron chi connectivity index (χ4n) is 2.91. The standard InChI is InChI=1S/C21H20N6/c1-15-13-20(26-21(24-15)18-5-3-10-22-14-18)25-16(2)17-6-8-19(9-7-17)27-12-4-11-23-27/h3-14,16H,1-2H3,(H,24,25,26). The maximum absolute atomic E-state index is 4.65. The Morgan fingerprint density at radius 2 is 1.85 bits per heavy atom. The predicted octanol–water partition coefficient (Wildman–Crippen LogP) is 4.21. The summed E-state index contributed by atoms with van der Waals surface area (Å²) < 4.78 is 1.84. The maximum atomic E-state index is 4.65. The van der Waals surface area contributed by atoms with E-state index in [1.807, 2.05) is 42.1 Å². The molecule has 0 amide bonds. The maximum Gasteiger partial charge on any atom is 0.163 e. The van der Waals surface area contributed by atoms with E-state index in [2.05, 4.69) is 56.6 Å². The molecule has 1 atom stereocenters. The number of anilines is 1. The summed E-state index contributed by atoms with van der Waals surface area (Å²) in [5, 5.41) is 7.73. The number of benzene rings is 1. The van der Waals surface area contributed by atoms with E-state index < -0.39 is 0 Å². The van der Waals surface area contributed by atoms with Crippen molar-refractivity contribution in [2.75, 3.05) is 5.32 Å². The summed E-state index contributed by atoms with van der Waals surface area (Å²) in [6, 6.07) is 16.1. The topological polar surface area (TPSA) is 68.5 Å². The molecule has 1 unspecified atom stereocenters. The van der Waals surface area contributed by atoms with E-state index in [-0.39, 0.29) is 6.04 Å². The minimum absolute atomic E-state index is 0.104. The first-order chi connectivity index (χ1) is 13.2. The summed E-state index contributed by atoms with van der Waals surface area (Å²) in [5.41, 5.74) is 4.02. The van der Waals surface area contributed by atoms with Crippen LogP contribution in [-0.4, -0.2) is 24.7 Å². The molecule has 6 nitrogen and oxygen atoms in total. The Hall–Kier alpha value is -3.54. The molecule has 3 heterocycles. The highest BCUT2D eigenvalue weighted by atomic mass is 15.3. The van der Waals surface area contributed by atoms with Gasteiger partial charge in [0, 0.05) is 48.2 Å². The molecule has 4 aromatic rings. The van der Waals surface area contributed by atoms with Crippen molar-refractivity contribution in [2.24, 2.45) is 0 Å². The average molecular weight is 356 g/mol. The van der Waals surface area contributed by atoms with Crippen molar-refractivity contribution < 1.29 is 0 Å². The first kappa shape index (κ1) is 16.9. The van der Waals surface area contributed by atoms with Crippen LogP contribution in [-0.2, 0) is 0 Å². The summed E-state index contributed by atoms with van der Waals surface area (Å²) in [4.78, 5) is 13.3. The van der Waals surface area contributed by atoms with Gasteiger partial charge in [0.25, 0.3) is 0 Å². The summed E-state index contributed by atoms with van der Waals surface area (Å²) in [6.45, 7) is 4.08. The van der Waals surface area contributed by atoms with Gasteiger partial charge in [0.15, 0.2) is 5.82 Å². The second-order valence-electron chi connectivity index (χ2n) is 6.37. The van der Waals surface area contributed by atoms with Crippen molar-refractivity contribution in [3.8, 4) is 17.1 Å². The minimum Gasteiger partial charge on any atom is -0.363 e. The third kappa shape index (κ3) is 3.84. The lowest BCUT2D eigenvalue weighted by Crippen LogP contribution is -2.09. The first-order valence-corrected chi connectivity index (χ1v) is 8.81. The lowest BCUT2D eigenvalue weighted by molar-refractivity contribution is 0.857. The molecule has 4 rings (SSSR count). The second kappa shape index (κ2) is 7.37.